The van der Waals surface area contributed by atoms with Crippen LogP contribution in [0.25, 0.3) is 0 Å². The molecule has 1 aromatic rings. The fourth-order valence-electron chi connectivity index (χ4n) is 0.697. The zero-order valence-electron chi connectivity index (χ0n) is 5.77. The first-order valence-corrected chi connectivity index (χ1v) is 3.77. The van der Waals surface area contributed by atoms with E-state index in [9.17, 15) is 9.18 Å². The molecule has 0 heterocycles. The highest BCUT2D eigenvalue weighted by molar-refractivity contribution is 6.66. The molecule has 12 heavy (non-hydrogen) atoms. The second kappa shape index (κ2) is 3.74. The van der Waals surface area contributed by atoms with Gasteiger partial charge < -0.3 is 5.32 Å². The number of rotatable bonds is 1. The van der Waals surface area contributed by atoms with Gasteiger partial charge in [0, 0.05) is 0 Å². The molecule has 1 N–H and O–H groups in total. The van der Waals surface area contributed by atoms with Gasteiger partial charge in [-0.05, 0) is 29.8 Å². The Hall–Kier alpha value is -0.800. The molecule has 0 atom stereocenters. The van der Waals surface area contributed by atoms with E-state index in [1.165, 1.54) is 12.1 Å². The molecule has 1 rings (SSSR count). The smallest absolute Gasteiger partial charge is 0.311 e. The molecule has 0 aromatic heterocycles. The molecule has 0 radical (unpaired) electrons. The van der Waals surface area contributed by atoms with Crippen molar-refractivity contribution in [3.05, 3.63) is 29.0 Å². The first kappa shape index (κ1) is 9.29. The molecule has 0 saturated heterocycles. The third kappa shape index (κ3) is 2.36. The molecule has 0 unspecified atom stereocenters. The van der Waals surface area contributed by atoms with Crippen LogP contribution in [0.2, 0.25) is 5.02 Å². The number of hydrogen-bond acceptors (Lipinski definition) is 1. The Morgan fingerprint density at radius 3 is 2.67 bits per heavy atom. The van der Waals surface area contributed by atoms with Crippen molar-refractivity contribution < 1.29 is 9.18 Å². The predicted molar refractivity (Wildman–Crippen MR) is 46.3 cm³/mol. The van der Waals surface area contributed by atoms with Crippen LogP contribution in [0.15, 0.2) is 18.2 Å². The molecular weight excluding hydrogens is 204 g/mol. The van der Waals surface area contributed by atoms with Gasteiger partial charge in [-0.1, -0.05) is 11.6 Å². The Morgan fingerprint density at radius 2 is 2.17 bits per heavy atom. The van der Waals surface area contributed by atoms with E-state index in [4.69, 9.17) is 23.2 Å². The van der Waals surface area contributed by atoms with E-state index >= 15 is 0 Å². The number of halogens is 3. The van der Waals surface area contributed by atoms with Crippen LogP contribution in [0, 0.1) is 5.82 Å². The number of benzene rings is 1. The van der Waals surface area contributed by atoms with Gasteiger partial charge in [0.25, 0.3) is 0 Å². The lowest BCUT2D eigenvalue weighted by atomic mass is 10.3. The molecule has 0 aliphatic carbocycles. The predicted octanol–water partition coefficient (Wildman–Crippen LogP) is 3.25. The van der Waals surface area contributed by atoms with Crippen LogP contribution in [0.4, 0.5) is 14.9 Å². The molecule has 1 aromatic carbocycles. The third-order valence-corrected chi connectivity index (χ3v) is 1.57. The highest BCUT2D eigenvalue weighted by Gasteiger charge is 2.03. The monoisotopic (exact) mass is 207 g/mol. The van der Waals surface area contributed by atoms with E-state index in [2.05, 4.69) is 5.32 Å². The van der Waals surface area contributed by atoms with Crippen molar-refractivity contribution in [1.29, 1.82) is 0 Å². The van der Waals surface area contributed by atoms with Gasteiger partial charge in [0.1, 0.15) is 5.82 Å². The van der Waals surface area contributed by atoms with Crippen LogP contribution in [-0.4, -0.2) is 5.37 Å². The van der Waals surface area contributed by atoms with Crippen LogP contribution in [-0.2, 0) is 0 Å². The number of anilines is 1. The fourth-order valence-corrected chi connectivity index (χ4v) is 1.01. The molecule has 0 fully saturated rings. The molecule has 1 amide bonds. The zero-order valence-corrected chi connectivity index (χ0v) is 7.29. The summed E-state index contributed by atoms with van der Waals surface area (Å²) in [6.07, 6.45) is 0. The summed E-state index contributed by atoms with van der Waals surface area (Å²) < 4.78 is 12.5. The fraction of sp³-hybridized carbons (Fsp3) is 0. The van der Waals surface area contributed by atoms with Crippen LogP contribution < -0.4 is 5.32 Å². The van der Waals surface area contributed by atoms with Gasteiger partial charge in [0.2, 0.25) is 0 Å². The van der Waals surface area contributed by atoms with Gasteiger partial charge in [0.05, 0.1) is 10.7 Å². The van der Waals surface area contributed by atoms with Crippen molar-refractivity contribution >= 4 is 34.3 Å². The molecule has 2 nitrogen and oxygen atoms in total. The molecule has 0 saturated carbocycles. The molecule has 64 valence electrons. The van der Waals surface area contributed by atoms with Crippen molar-refractivity contribution in [3.63, 3.8) is 0 Å². The third-order valence-electron chi connectivity index (χ3n) is 1.16. The molecule has 0 spiro atoms. The first-order valence-electron chi connectivity index (χ1n) is 3.01. The Bertz CT molecular complexity index is 316. The summed E-state index contributed by atoms with van der Waals surface area (Å²) in [5.41, 5.74) is 0.290. The Labute approximate surface area is 78.3 Å². The Balaban J connectivity index is 2.93. The largest absolute Gasteiger partial charge is 0.318 e. The van der Waals surface area contributed by atoms with E-state index in [-0.39, 0.29) is 10.7 Å². The minimum absolute atomic E-state index is 0.115. The van der Waals surface area contributed by atoms with Gasteiger partial charge in [-0.25, -0.2) is 4.39 Å². The maximum absolute atomic E-state index is 12.5. The average Bonchev–Trinajstić information content (AvgIpc) is 1.94. The summed E-state index contributed by atoms with van der Waals surface area (Å²) in [6, 6.07) is 3.59. The molecule has 0 bridgehead atoms. The second-order valence-corrected chi connectivity index (χ2v) is 2.77. The number of nitrogens with one attached hydrogen (secondary N) is 1. The van der Waals surface area contributed by atoms with Crippen molar-refractivity contribution in [3.8, 4) is 0 Å². The summed E-state index contributed by atoms with van der Waals surface area (Å²) in [5, 5.41) is 1.58. The van der Waals surface area contributed by atoms with Crippen LogP contribution in [0.5, 0.6) is 0 Å². The van der Waals surface area contributed by atoms with E-state index in [1.54, 1.807) is 0 Å². The number of hydrogen-bond donors (Lipinski definition) is 1. The van der Waals surface area contributed by atoms with Gasteiger partial charge in [-0.15, -0.1) is 0 Å². The second-order valence-electron chi connectivity index (χ2n) is 2.02. The maximum Gasteiger partial charge on any atom is 0.318 e. The number of carbonyl (C=O) groups excluding carboxylic acids is 1. The lowest BCUT2D eigenvalue weighted by Gasteiger charge is -2.02. The Kier molecular flexibility index (Phi) is 2.89. The lowest BCUT2D eigenvalue weighted by molar-refractivity contribution is 0.269. The molecular formula is C7H4Cl2FNO. The minimum atomic E-state index is -0.761. The zero-order chi connectivity index (χ0) is 9.14. The van der Waals surface area contributed by atoms with Crippen molar-refractivity contribution in [1.82, 2.24) is 0 Å². The van der Waals surface area contributed by atoms with Crippen LogP contribution in [0.3, 0.4) is 0 Å². The first-order chi connectivity index (χ1) is 5.59. The van der Waals surface area contributed by atoms with Crippen LogP contribution >= 0.6 is 23.2 Å². The summed E-state index contributed by atoms with van der Waals surface area (Å²) in [5.74, 6) is -0.465. The normalized spacial score (nSPS) is 9.58. The van der Waals surface area contributed by atoms with E-state index in [1.807, 2.05) is 0 Å². The lowest BCUT2D eigenvalue weighted by Crippen LogP contribution is -2.01. The maximum atomic E-state index is 12.5. The summed E-state index contributed by atoms with van der Waals surface area (Å²) in [4.78, 5) is 10.4. The quantitative estimate of drug-likeness (QED) is 0.556. The topological polar surface area (TPSA) is 29.1 Å². The average molecular weight is 208 g/mol. The van der Waals surface area contributed by atoms with Crippen LogP contribution in [0.1, 0.15) is 0 Å². The molecule has 0 aliphatic rings. The minimum Gasteiger partial charge on any atom is -0.311 e. The molecule has 5 heteroatoms. The number of carbonyl (C=O) groups is 1. The van der Waals surface area contributed by atoms with Crippen molar-refractivity contribution in [2.75, 3.05) is 5.32 Å². The highest BCUT2D eigenvalue weighted by Crippen LogP contribution is 2.22. The highest BCUT2D eigenvalue weighted by atomic mass is 35.5. The van der Waals surface area contributed by atoms with Gasteiger partial charge >= 0.3 is 5.37 Å². The van der Waals surface area contributed by atoms with E-state index in [0.717, 1.165) is 6.07 Å². The Morgan fingerprint density at radius 1 is 1.50 bits per heavy atom. The summed E-state index contributed by atoms with van der Waals surface area (Å²) in [6.45, 7) is 0. The van der Waals surface area contributed by atoms with Gasteiger partial charge in [0.15, 0.2) is 0 Å². The molecule has 0 aliphatic heterocycles. The van der Waals surface area contributed by atoms with Crippen molar-refractivity contribution in [2.24, 2.45) is 0 Å². The van der Waals surface area contributed by atoms with Gasteiger partial charge in [-0.3, -0.25) is 4.79 Å². The van der Waals surface area contributed by atoms with E-state index in [0.29, 0.717) is 0 Å². The summed E-state index contributed by atoms with van der Waals surface area (Å²) in [7, 11) is 0. The van der Waals surface area contributed by atoms with Gasteiger partial charge in [-0.2, -0.15) is 0 Å². The van der Waals surface area contributed by atoms with E-state index < -0.39 is 11.2 Å². The SMILES string of the molecule is O=C(Cl)Nc1ccc(F)cc1Cl. The summed E-state index contributed by atoms with van der Waals surface area (Å²) >= 11 is 10.6. The standard InChI is InChI=1S/C7H4Cl2FNO/c8-5-3-4(10)1-2-6(5)11-7(9)12/h1-3H,(H,11,12). The number of amides is 1. The van der Waals surface area contributed by atoms with Crippen molar-refractivity contribution in [2.45, 2.75) is 0 Å².